The van der Waals surface area contributed by atoms with Crippen LogP contribution in [0.2, 0.25) is 0 Å². The Morgan fingerprint density at radius 1 is 1.14 bits per heavy atom. The van der Waals surface area contributed by atoms with Gasteiger partial charge in [-0.05, 0) is 37.3 Å². The number of rotatable bonds is 7. The van der Waals surface area contributed by atoms with E-state index in [4.69, 9.17) is 5.73 Å². The molecule has 35 heavy (non-hydrogen) atoms. The van der Waals surface area contributed by atoms with Gasteiger partial charge in [0.05, 0.1) is 30.0 Å². The molecule has 0 radical (unpaired) electrons. The van der Waals surface area contributed by atoms with Crippen LogP contribution < -0.4 is 15.8 Å². The molecule has 12 heteroatoms. The van der Waals surface area contributed by atoms with Crippen LogP contribution in [0.4, 0.5) is 23.4 Å². The highest BCUT2D eigenvalue weighted by molar-refractivity contribution is 5.95. The normalized spacial score (nSPS) is 12.7. The van der Waals surface area contributed by atoms with Gasteiger partial charge in [-0.2, -0.15) is 0 Å². The van der Waals surface area contributed by atoms with Crippen molar-refractivity contribution in [3.05, 3.63) is 83.6 Å². The zero-order valence-electron chi connectivity index (χ0n) is 18.8. The van der Waals surface area contributed by atoms with Crippen LogP contribution in [-0.2, 0) is 6.54 Å². The van der Waals surface area contributed by atoms with Gasteiger partial charge in [0.1, 0.15) is 17.4 Å². The highest BCUT2D eigenvalue weighted by Crippen LogP contribution is 2.27. The number of nitrogens with two attached hydrogens (primary N) is 1. The van der Waals surface area contributed by atoms with Gasteiger partial charge in [0.2, 0.25) is 0 Å². The summed E-state index contributed by atoms with van der Waals surface area (Å²) in [4.78, 5) is 26.6. The molecule has 0 fully saturated rings. The lowest BCUT2D eigenvalue weighted by molar-refractivity contribution is -0.274. The first-order valence-electron chi connectivity index (χ1n) is 10.3. The monoisotopic (exact) mass is 490 g/mol. The van der Waals surface area contributed by atoms with E-state index >= 15 is 0 Å². The maximum absolute atomic E-state index is 14.5. The summed E-state index contributed by atoms with van der Waals surface area (Å²) in [6, 6.07) is 10.7. The van der Waals surface area contributed by atoms with E-state index in [-0.39, 0.29) is 29.3 Å². The summed E-state index contributed by atoms with van der Waals surface area (Å²) in [7, 11) is 1.50. The molecule has 0 aliphatic rings. The number of hydrogen-bond acceptors (Lipinski definition) is 5. The Kier molecular flexibility index (Phi) is 7.84. The van der Waals surface area contributed by atoms with E-state index in [0.717, 1.165) is 12.3 Å². The van der Waals surface area contributed by atoms with Crippen molar-refractivity contribution < 1.29 is 27.1 Å². The Hall–Kier alpha value is -4.22. The fourth-order valence-corrected chi connectivity index (χ4v) is 3.19. The minimum Gasteiger partial charge on any atom is -0.404 e. The number of pyridine rings is 2. The van der Waals surface area contributed by atoms with Gasteiger partial charge in [0.25, 0.3) is 5.91 Å². The Labute approximate surface area is 198 Å². The van der Waals surface area contributed by atoms with E-state index in [1.54, 1.807) is 19.1 Å². The number of hydrogen-bond donors (Lipinski definition) is 2. The van der Waals surface area contributed by atoms with Gasteiger partial charge in [0, 0.05) is 18.8 Å². The van der Waals surface area contributed by atoms with Crippen LogP contribution in [-0.4, -0.2) is 40.1 Å². The minimum absolute atomic E-state index is 0.115. The molecule has 0 saturated heterocycles. The molecule has 3 aromatic rings. The molecule has 0 aliphatic carbocycles. The summed E-state index contributed by atoms with van der Waals surface area (Å²) in [5, 5.41) is 2.74. The molecule has 0 saturated carbocycles. The maximum Gasteiger partial charge on any atom is 0.573 e. The number of ether oxygens (including phenoxy) is 1. The molecule has 8 nitrogen and oxygen atoms in total. The predicted octanol–water partition coefficient (Wildman–Crippen LogP) is 4.27. The van der Waals surface area contributed by atoms with Crippen molar-refractivity contribution in [3.8, 4) is 5.75 Å². The average molecular weight is 490 g/mol. The Bertz CT molecular complexity index is 1180. The number of nitrogens with zero attached hydrogens (tertiary/aromatic N) is 4. The molecular weight excluding hydrogens is 468 g/mol. The molecule has 0 spiro atoms. The second-order valence-electron chi connectivity index (χ2n) is 7.33. The SMILES string of the molecule is CN=C(N)Nc1ccc(C(=O)N(Cc2ccc(OC(F)(F)F)cn2)[C@H](C)c2ccccc2F)cn1. The summed E-state index contributed by atoms with van der Waals surface area (Å²) in [6.45, 7) is 1.52. The van der Waals surface area contributed by atoms with Crippen molar-refractivity contribution in [2.45, 2.75) is 25.9 Å². The zero-order valence-corrected chi connectivity index (χ0v) is 18.8. The van der Waals surface area contributed by atoms with E-state index in [1.807, 2.05) is 0 Å². The van der Waals surface area contributed by atoms with Crippen LogP contribution in [0.5, 0.6) is 5.75 Å². The van der Waals surface area contributed by atoms with Crippen molar-refractivity contribution in [2.75, 3.05) is 12.4 Å². The number of carbonyl (C=O) groups is 1. The quantitative estimate of drug-likeness (QED) is 0.291. The number of carbonyl (C=O) groups excluding carboxylic acids is 1. The molecule has 3 rings (SSSR count). The molecular formula is C23H22F4N6O2. The molecule has 0 bridgehead atoms. The zero-order chi connectivity index (χ0) is 25.6. The molecule has 0 aliphatic heterocycles. The predicted molar refractivity (Wildman–Crippen MR) is 121 cm³/mol. The Balaban J connectivity index is 1.89. The van der Waals surface area contributed by atoms with Crippen LogP contribution in [0.25, 0.3) is 0 Å². The average Bonchev–Trinajstić information content (AvgIpc) is 2.82. The van der Waals surface area contributed by atoms with Crippen LogP contribution in [0, 0.1) is 5.82 Å². The fraction of sp³-hybridized carbons (Fsp3) is 0.217. The molecule has 1 aromatic carbocycles. The molecule has 1 amide bonds. The lowest BCUT2D eigenvalue weighted by Gasteiger charge is -2.30. The second kappa shape index (κ2) is 10.8. The van der Waals surface area contributed by atoms with Crippen molar-refractivity contribution in [2.24, 2.45) is 10.7 Å². The van der Waals surface area contributed by atoms with E-state index in [2.05, 4.69) is 25.0 Å². The van der Waals surface area contributed by atoms with Crippen molar-refractivity contribution >= 4 is 17.7 Å². The summed E-state index contributed by atoms with van der Waals surface area (Å²) in [6.07, 6.45) is -2.63. The molecule has 2 aromatic heterocycles. The lowest BCUT2D eigenvalue weighted by Crippen LogP contribution is -2.34. The number of nitrogens with one attached hydrogen (secondary N) is 1. The topological polar surface area (TPSA) is 106 Å². The molecule has 2 heterocycles. The number of benzene rings is 1. The molecule has 3 N–H and O–H groups in total. The molecule has 184 valence electrons. The lowest BCUT2D eigenvalue weighted by atomic mass is 10.0. The van der Waals surface area contributed by atoms with Gasteiger partial charge in [0.15, 0.2) is 5.96 Å². The number of alkyl halides is 3. The number of amides is 1. The fourth-order valence-electron chi connectivity index (χ4n) is 3.19. The van der Waals surface area contributed by atoms with E-state index in [0.29, 0.717) is 5.82 Å². The number of aromatic nitrogens is 2. The number of halogens is 4. The summed E-state index contributed by atoms with van der Waals surface area (Å²) < 4.78 is 55.6. The maximum atomic E-state index is 14.5. The van der Waals surface area contributed by atoms with Gasteiger partial charge in [-0.3, -0.25) is 14.8 Å². The molecule has 0 unspecified atom stereocenters. The van der Waals surface area contributed by atoms with Crippen LogP contribution in [0.3, 0.4) is 0 Å². The first kappa shape index (κ1) is 25.4. The highest BCUT2D eigenvalue weighted by Gasteiger charge is 2.31. The minimum atomic E-state index is -4.85. The first-order valence-corrected chi connectivity index (χ1v) is 10.3. The van der Waals surface area contributed by atoms with Crippen LogP contribution in [0.1, 0.15) is 34.6 Å². The Morgan fingerprint density at radius 3 is 2.46 bits per heavy atom. The van der Waals surface area contributed by atoms with E-state index in [1.165, 1.54) is 48.5 Å². The van der Waals surface area contributed by atoms with Crippen molar-refractivity contribution in [1.82, 2.24) is 14.9 Å². The smallest absolute Gasteiger partial charge is 0.404 e. The first-order chi connectivity index (χ1) is 16.6. The third kappa shape index (κ3) is 6.88. The standard InChI is InChI=1S/C23H22F4N6O2/c1-14(18-5-3-4-6-19(18)24)33(13-16-8-9-17(12-30-16)35-23(25,26)27)21(34)15-7-10-20(31-11-15)32-22(28)29-2/h3-12,14H,13H2,1-2H3,(H3,28,29,31,32)/t14-/m1/s1. The van der Waals surface area contributed by atoms with Crippen LogP contribution in [0.15, 0.2) is 65.9 Å². The van der Waals surface area contributed by atoms with E-state index < -0.39 is 29.9 Å². The third-order valence-electron chi connectivity index (χ3n) is 4.95. The van der Waals surface area contributed by atoms with E-state index in [9.17, 15) is 22.4 Å². The number of guanidine groups is 1. The summed E-state index contributed by atoms with van der Waals surface area (Å²) in [5.41, 5.74) is 6.34. The van der Waals surface area contributed by atoms with Gasteiger partial charge in [-0.15, -0.1) is 13.2 Å². The number of aliphatic imine (C=N–C) groups is 1. The third-order valence-corrected chi connectivity index (χ3v) is 4.95. The van der Waals surface area contributed by atoms with Gasteiger partial charge in [-0.25, -0.2) is 9.37 Å². The van der Waals surface area contributed by atoms with Crippen molar-refractivity contribution in [3.63, 3.8) is 0 Å². The molecule has 1 atom stereocenters. The number of anilines is 1. The Morgan fingerprint density at radius 2 is 1.89 bits per heavy atom. The summed E-state index contributed by atoms with van der Waals surface area (Å²) >= 11 is 0. The highest BCUT2D eigenvalue weighted by atomic mass is 19.4. The summed E-state index contributed by atoms with van der Waals surface area (Å²) in [5.74, 6) is -1.000. The van der Waals surface area contributed by atoms with Crippen molar-refractivity contribution in [1.29, 1.82) is 0 Å². The van der Waals surface area contributed by atoms with Gasteiger partial charge < -0.3 is 20.7 Å². The van der Waals surface area contributed by atoms with Gasteiger partial charge >= 0.3 is 6.36 Å². The van der Waals surface area contributed by atoms with Gasteiger partial charge in [-0.1, -0.05) is 18.2 Å². The largest absolute Gasteiger partial charge is 0.573 e. The second-order valence-corrected chi connectivity index (χ2v) is 7.33. The van der Waals surface area contributed by atoms with Crippen LogP contribution >= 0.6 is 0 Å².